The van der Waals surface area contributed by atoms with Crippen molar-refractivity contribution >= 4 is 18.4 Å². The van der Waals surface area contributed by atoms with E-state index in [1.54, 1.807) is 7.11 Å². The zero-order valence-corrected chi connectivity index (χ0v) is 14.5. The zero-order chi connectivity index (χ0) is 15.5. The minimum atomic E-state index is -0.504. The second kappa shape index (κ2) is 7.84. The molecule has 0 radical (unpaired) electrons. The minimum Gasteiger partial charge on any atom is -0.497 e. The molecule has 1 aliphatic rings. The fraction of sp³-hybridized carbons (Fsp3) is 0.588. The first-order valence-electron chi connectivity index (χ1n) is 7.50. The summed E-state index contributed by atoms with van der Waals surface area (Å²) in [5, 5.41) is 3.43. The van der Waals surface area contributed by atoms with Crippen molar-refractivity contribution < 1.29 is 14.3 Å². The molecule has 0 amide bonds. The van der Waals surface area contributed by atoms with Crippen LogP contribution in [0.2, 0.25) is 0 Å². The van der Waals surface area contributed by atoms with Crippen LogP contribution >= 0.6 is 12.4 Å². The van der Waals surface area contributed by atoms with Crippen LogP contribution < -0.4 is 10.1 Å². The van der Waals surface area contributed by atoms with Crippen LogP contribution in [0.15, 0.2) is 24.3 Å². The maximum Gasteiger partial charge on any atom is 0.311 e. The largest absolute Gasteiger partial charge is 0.497 e. The molecule has 0 aromatic heterocycles. The maximum absolute atomic E-state index is 12.3. The van der Waals surface area contributed by atoms with E-state index in [2.05, 4.69) is 5.32 Å². The van der Waals surface area contributed by atoms with Gasteiger partial charge in [-0.3, -0.25) is 4.79 Å². The first kappa shape index (κ1) is 18.8. The predicted octanol–water partition coefficient (Wildman–Crippen LogP) is 3.50. The quantitative estimate of drug-likeness (QED) is 0.860. The fourth-order valence-corrected chi connectivity index (χ4v) is 2.46. The molecule has 5 heteroatoms. The number of methoxy groups -OCH3 is 1. The van der Waals surface area contributed by atoms with Gasteiger partial charge in [-0.25, -0.2) is 0 Å². The van der Waals surface area contributed by atoms with E-state index in [4.69, 9.17) is 9.47 Å². The highest BCUT2D eigenvalue weighted by Gasteiger charge is 2.33. The average molecular weight is 328 g/mol. The highest BCUT2D eigenvalue weighted by atomic mass is 35.5. The molecule has 4 nitrogen and oxygen atoms in total. The lowest BCUT2D eigenvalue weighted by Gasteiger charge is -2.28. The van der Waals surface area contributed by atoms with E-state index < -0.39 is 5.41 Å². The highest BCUT2D eigenvalue weighted by Crippen LogP contribution is 2.31. The van der Waals surface area contributed by atoms with Gasteiger partial charge in [0.25, 0.3) is 0 Å². The number of halogens is 1. The summed E-state index contributed by atoms with van der Waals surface area (Å²) in [6.45, 7) is 6.60. The Hall–Kier alpha value is -1.26. The van der Waals surface area contributed by atoms with E-state index >= 15 is 0 Å². The third-order valence-corrected chi connectivity index (χ3v) is 3.73. The lowest BCUT2D eigenvalue weighted by Crippen LogP contribution is -2.35. The van der Waals surface area contributed by atoms with Crippen molar-refractivity contribution in [1.82, 2.24) is 5.32 Å². The Kier molecular flexibility index (Phi) is 6.69. The van der Waals surface area contributed by atoms with Gasteiger partial charge in [0.15, 0.2) is 0 Å². The van der Waals surface area contributed by atoms with Crippen molar-refractivity contribution in [2.75, 3.05) is 13.7 Å². The first-order valence-corrected chi connectivity index (χ1v) is 7.50. The maximum atomic E-state index is 12.3. The van der Waals surface area contributed by atoms with Crippen molar-refractivity contribution in [2.45, 2.75) is 45.8 Å². The molecule has 1 aromatic carbocycles. The zero-order valence-electron chi connectivity index (χ0n) is 13.7. The summed E-state index contributed by atoms with van der Waals surface area (Å²) in [6, 6.07) is 7.93. The van der Waals surface area contributed by atoms with E-state index in [1.807, 2.05) is 45.0 Å². The molecule has 22 heavy (non-hydrogen) atoms. The molecule has 0 saturated carbocycles. The van der Waals surface area contributed by atoms with E-state index in [0.717, 1.165) is 30.7 Å². The van der Waals surface area contributed by atoms with Crippen LogP contribution in [-0.4, -0.2) is 25.7 Å². The number of carbonyl (C=O) groups excluding carboxylic acids is 1. The van der Waals surface area contributed by atoms with Crippen LogP contribution in [0.25, 0.3) is 0 Å². The monoisotopic (exact) mass is 327 g/mol. The van der Waals surface area contributed by atoms with Crippen molar-refractivity contribution in [1.29, 1.82) is 0 Å². The fourth-order valence-electron chi connectivity index (χ4n) is 2.46. The molecule has 0 aliphatic carbocycles. The Labute approximate surface area is 139 Å². The first-order chi connectivity index (χ1) is 9.91. The van der Waals surface area contributed by atoms with Crippen molar-refractivity contribution in [3.05, 3.63) is 29.8 Å². The van der Waals surface area contributed by atoms with E-state index in [-0.39, 0.29) is 30.5 Å². The van der Waals surface area contributed by atoms with Crippen LogP contribution in [0.3, 0.4) is 0 Å². The van der Waals surface area contributed by atoms with E-state index in [1.165, 1.54) is 0 Å². The molecule has 0 unspecified atom stereocenters. The summed E-state index contributed by atoms with van der Waals surface area (Å²) in [4.78, 5) is 12.3. The molecule has 1 fully saturated rings. The molecule has 124 valence electrons. The van der Waals surface area contributed by atoms with Crippen LogP contribution in [0.1, 0.15) is 45.3 Å². The van der Waals surface area contributed by atoms with Crippen molar-refractivity contribution in [3.8, 4) is 5.75 Å². The average Bonchev–Trinajstić information content (AvgIpc) is 2.97. The van der Waals surface area contributed by atoms with E-state index in [0.29, 0.717) is 0 Å². The number of carbonyl (C=O) groups is 1. The summed E-state index contributed by atoms with van der Waals surface area (Å²) >= 11 is 0. The number of rotatable bonds is 4. The lowest BCUT2D eigenvalue weighted by atomic mass is 9.96. The molecular formula is C17H26ClNO3. The topological polar surface area (TPSA) is 47.6 Å². The SMILES string of the molecule is COc1cccc([C@H](OC(=O)C(C)(C)C)[C@@H]2CCCN2)c1.Cl. The Morgan fingerprint density at radius 1 is 1.36 bits per heavy atom. The molecule has 0 bridgehead atoms. The van der Waals surface area contributed by atoms with Crippen LogP contribution in [0.4, 0.5) is 0 Å². The number of esters is 1. The second-order valence-electron chi connectivity index (χ2n) is 6.56. The third-order valence-electron chi connectivity index (χ3n) is 3.73. The molecule has 0 spiro atoms. The van der Waals surface area contributed by atoms with Gasteiger partial charge in [0.05, 0.1) is 12.5 Å². The number of benzene rings is 1. The smallest absolute Gasteiger partial charge is 0.311 e. The molecule has 2 rings (SSSR count). The van der Waals surface area contributed by atoms with Gasteiger partial charge in [-0.1, -0.05) is 12.1 Å². The van der Waals surface area contributed by atoms with Crippen LogP contribution in [-0.2, 0) is 9.53 Å². The predicted molar refractivity (Wildman–Crippen MR) is 89.6 cm³/mol. The molecule has 1 saturated heterocycles. The van der Waals surface area contributed by atoms with E-state index in [9.17, 15) is 4.79 Å². The molecule has 1 aromatic rings. The minimum absolute atomic E-state index is 0. The van der Waals surface area contributed by atoms with Gasteiger partial charge in [-0.2, -0.15) is 0 Å². The number of ether oxygens (including phenoxy) is 2. The molecule has 1 aliphatic heterocycles. The summed E-state index contributed by atoms with van der Waals surface area (Å²) < 4.78 is 11.1. The molecule has 1 heterocycles. The standard InChI is InChI=1S/C17H25NO3.ClH/c1-17(2,3)16(19)21-15(14-9-6-10-18-14)12-7-5-8-13(11-12)20-4;/h5,7-8,11,14-15,18H,6,9-10H2,1-4H3;1H/t14-,15-;/m0./s1. The Morgan fingerprint density at radius 3 is 2.64 bits per heavy atom. The third kappa shape index (κ3) is 4.62. The van der Waals surface area contributed by atoms with Gasteiger partial charge in [-0.15, -0.1) is 12.4 Å². The number of hydrogen-bond acceptors (Lipinski definition) is 4. The summed E-state index contributed by atoms with van der Waals surface area (Å²) in [5.74, 6) is 0.603. The summed E-state index contributed by atoms with van der Waals surface area (Å²) in [5.41, 5.74) is 0.474. The van der Waals surface area contributed by atoms with Gasteiger partial charge in [0.1, 0.15) is 11.9 Å². The van der Waals surface area contributed by atoms with Gasteiger partial charge in [0, 0.05) is 6.04 Å². The number of hydrogen-bond donors (Lipinski definition) is 1. The molecule has 2 atom stereocenters. The van der Waals surface area contributed by atoms with Crippen molar-refractivity contribution in [2.24, 2.45) is 5.41 Å². The second-order valence-corrected chi connectivity index (χ2v) is 6.56. The summed E-state index contributed by atoms with van der Waals surface area (Å²) in [7, 11) is 1.64. The molecule has 1 N–H and O–H groups in total. The Balaban J connectivity index is 0.00000242. The van der Waals surface area contributed by atoms with Gasteiger partial charge >= 0.3 is 5.97 Å². The Bertz CT molecular complexity index is 493. The Morgan fingerprint density at radius 2 is 2.09 bits per heavy atom. The van der Waals surface area contributed by atoms with Crippen molar-refractivity contribution in [3.63, 3.8) is 0 Å². The van der Waals surface area contributed by atoms with Gasteiger partial charge in [-0.05, 0) is 57.9 Å². The highest BCUT2D eigenvalue weighted by molar-refractivity contribution is 5.85. The normalized spacial score (nSPS) is 19.2. The van der Waals surface area contributed by atoms with Gasteiger partial charge in [0.2, 0.25) is 0 Å². The van der Waals surface area contributed by atoms with Crippen LogP contribution in [0, 0.1) is 5.41 Å². The lowest BCUT2D eigenvalue weighted by molar-refractivity contribution is -0.160. The number of nitrogens with one attached hydrogen (secondary N) is 1. The summed E-state index contributed by atoms with van der Waals surface area (Å²) in [6.07, 6.45) is 1.85. The van der Waals surface area contributed by atoms with Crippen LogP contribution in [0.5, 0.6) is 5.75 Å². The van der Waals surface area contributed by atoms with Gasteiger partial charge < -0.3 is 14.8 Å². The molecular weight excluding hydrogens is 302 g/mol.